The van der Waals surface area contributed by atoms with Gasteiger partial charge in [0, 0.05) is 17.8 Å². The zero-order chi connectivity index (χ0) is 20.7. The molecule has 0 fully saturated rings. The molecular weight excluding hydrogens is 519 g/mol. The molecule has 0 aromatic heterocycles. The lowest BCUT2D eigenvalue weighted by Gasteiger charge is -2.09. The number of hydrogen-bond donors (Lipinski definition) is 2. The Morgan fingerprint density at radius 3 is 2.68 bits per heavy atom. The molecule has 0 unspecified atom stereocenters. The molecule has 1 amide bonds. The van der Waals surface area contributed by atoms with Gasteiger partial charge in [-0.25, -0.2) is 9.38 Å². The quantitative estimate of drug-likeness (QED) is 0.132. The summed E-state index contributed by atoms with van der Waals surface area (Å²) in [6.07, 6.45) is 1.42. The molecule has 0 radical (unpaired) electrons. The Kier molecular flexibility index (Phi) is 8.53. The van der Waals surface area contributed by atoms with Gasteiger partial charge in [-0.3, -0.25) is 10.1 Å². The molecule has 5 nitrogen and oxygen atoms in total. The number of methoxy groups -OCH3 is 1. The number of halogens is 4. The van der Waals surface area contributed by atoms with Crippen LogP contribution in [0, 0.1) is 12.7 Å². The molecular formula is C19H17Cl2FIN3O2. The van der Waals surface area contributed by atoms with Crippen molar-refractivity contribution in [1.29, 1.82) is 0 Å². The monoisotopic (exact) mass is 535 g/mol. The van der Waals surface area contributed by atoms with Gasteiger partial charge in [0.15, 0.2) is 9.60 Å². The number of ether oxygens (including phenoxy) is 1. The maximum absolute atomic E-state index is 13.2. The highest BCUT2D eigenvalue weighted by atomic mass is 127. The normalized spacial score (nSPS) is 11.9. The van der Waals surface area contributed by atoms with E-state index in [-0.39, 0.29) is 10.8 Å². The molecule has 0 bridgehead atoms. The molecule has 148 valence electrons. The van der Waals surface area contributed by atoms with Crippen molar-refractivity contribution in [2.75, 3.05) is 7.11 Å². The van der Waals surface area contributed by atoms with Gasteiger partial charge in [0.2, 0.25) is 0 Å². The maximum atomic E-state index is 13.2. The van der Waals surface area contributed by atoms with E-state index in [1.54, 1.807) is 24.3 Å². The van der Waals surface area contributed by atoms with E-state index in [9.17, 15) is 9.18 Å². The van der Waals surface area contributed by atoms with Crippen LogP contribution in [0.15, 0.2) is 53.3 Å². The zero-order valence-electron chi connectivity index (χ0n) is 15.0. The van der Waals surface area contributed by atoms with Crippen molar-refractivity contribution >= 4 is 61.2 Å². The van der Waals surface area contributed by atoms with E-state index < -0.39 is 11.7 Å². The van der Waals surface area contributed by atoms with Gasteiger partial charge in [0.05, 0.1) is 17.8 Å². The lowest BCUT2D eigenvalue weighted by molar-refractivity contribution is -0.119. The highest BCUT2D eigenvalue weighted by molar-refractivity contribution is 14.1. The molecule has 2 aromatic rings. The Hall–Kier alpha value is -1.84. The Bertz CT molecular complexity index is 935. The van der Waals surface area contributed by atoms with Crippen LogP contribution in [0.1, 0.15) is 11.1 Å². The second-order valence-corrected chi connectivity index (χ2v) is 7.50. The Labute approximate surface area is 186 Å². The van der Waals surface area contributed by atoms with Crippen molar-refractivity contribution in [1.82, 2.24) is 10.6 Å². The van der Waals surface area contributed by atoms with Crippen LogP contribution in [0.2, 0.25) is 10.0 Å². The molecule has 0 aliphatic heterocycles. The number of hydrogen-bond acceptors (Lipinski definition) is 4. The minimum atomic E-state index is -0.484. The standard InChI is InChI=1S/C19H17Cl2FIN3O2/c1-11-7-13(20)4-6-16(11)25-19(23)26-18(27)17(28-2)10-24-9-12-3-5-15(22)14(21)8-12/h3-8,10,24H,9H2,1-2H3,(H,25,26,27)/b17-10+. The number of carbonyl (C=O) groups excluding carboxylic acids is 1. The second kappa shape index (κ2) is 10.6. The third-order valence-electron chi connectivity index (χ3n) is 3.56. The van der Waals surface area contributed by atoms with Crippen LogP contribution in [0.5, 0.6) is 0 Å². The average Bonchev–Trinajstić information content (AvgIpc) is 2.64. The predicted molar refractivity (Wildman–Crippen MR) is 119 cm³/mol. The molecule has 0 saturated carbocycles. The molecule has 9 heteroatoms. The Morgan fingerprint density at radius 1 is 1.29 bits per heavy atom. The third-order valence-corrected chi connectivity index (χ3v) is 4.60. The van der Waals surface area contributed by atoms with Gasteiger partial charge in [-0.15, -0.1) is 0 Å². The van der Waals surface area contributed by atoms with Gasteiger partial charge in [-0.2, -0.15) is 0 Å². The summed E-state index contributed by atoms with van der Waals surface area (Å²) >= 11 is 13.6. The van der Waals surface area contributed by atoms with E-state index in [0.717, 1.165) is 11.1 Å². The highest BCUT2D eigenvalue weighted by Crippen LogP contribution is 2.23. The highest BCUT2D eigenvalue weighted by Gasteiger charge is 2.12. The van der Waals surface area contributed by atoms with Crippen LogP contribution in [-0.4, -0.2) is 16.9 Å². The Balaban J connectivity index is 2.00. The molecule has 2 N–H and O–H groups in total. The summed E-state index contributed by atoms with van der Waals surface area (Å²) in [5.41, 5.74) is 2.34. The first-order chi connectivity index (χ1) is 13.3. The summed E-state index contributed by atoms with van der Waals surface area (Å²) in [6.45, 7) is 2.22. The number of benzene rings is 2. The largest absolute Gasteiger partial charge is 0.490 e. The summed E-state index contributed by atoms with van der Waals surface area (Å²) in [7, 11) is 1.38. The maximum Gasteiger partial charge on any atom is 0.293 e. The summed E-state index contributed by atoms with van der Waals surface area (Å²) in [6, 6.07) is 9.67. The number of rotatable bonds is 6. The SMILES string of the molecule is CO/C(=C/NCc1ccc(F)c(Cl)c1)C(=O)NC(I)=Nc1ccc(Cl)cc1C. The van der Waals surface area contributed by atoms with E-state index in [1.165, 1.54) is 25.4 Å². The topological polar surface area (TPSA) is 62.7 Å². The fourth-order valence-corrected chi connectivity index (χ4v) is 3.10. The number of carbonyl (C=O) groups is 1. The number of aliphatic imine (C=N–C) groups is 1. The van der Waals surface area contributed by atoms with Crippen LogP contribution < -0.4 is 10.6 Å². The van der Waals surface area contributed by atoms with Crippen LogP contribution in [0.3, 0.4) is 0 Å². The molecule has 2 aromatic carbocycles. The van der Waals surface area contributed by atoms with Gasteiger partial charge in [0.25, 0.3) is 5.91 Å². The lowest BCUT2D eigenvalue weighted by Crippen LogP contribution is -2.29. The summed E-state index contributed by atoms with van der Waals surface area (Å²) in [4.78, 5) is 16.7. The minimum absolute atomic E-state index is 0.0382. The van der Waals surface area contributed by atoms with Crippen molar-refractivity contribution in [2.45, 2.75) is 13.5 Å². The van der Waals surface area contributed by atoms with Crippen molar-refractivity contribution < 1.29 is 13.9 Å². The Morgan fingerprint density at radius 2 is 2.04 bits per heavy atom. The number of amides is 1. The average molecular weight is 536 g/mol. The zero-order valence-corrected chi connectivity index (χ0v) is 18.7. The van der Waals surface area contributed by atoms with E-state index in [2.05, 4.69) is 15.6 Å². The van der Waals surface area contributed by atoms with Crippen molar-refractivity contribution in [3.8, 4) is 0 Å². The fraction of sp³-hybridized carbons (Fsp3) is 0.158. The summed E-state index contributed by atoms with van der Waals surface area (Å²) < 4.78 is 18.7. The van der Waals surface area contributed by atoms with Gasteiger partial charge in [-0.05, 0) is 71.0 Å². The molecule has 28 heavy (non-hydrogen) atoms. The molecule has 0 heterocycles. The lowest BCUT2D eigenvalue weighted by atomic mass is 10.2. The first-order valence-corrected chi connectivity index (χ1v) is 9.86. The van der Waals surface area contributed by atoms with Gasteiger partial charge < -0.3 is 10.1 Å². The summed E-state index contributed by atoms with van der Waals surface area (Å²) in [5, 5.41) is 6.24. The fourth-order valence-electron chi connectivity index (χ4n) is 2.16. The van der Waals surface area contributed by atoms with Gasteiger partial charge in [0.1, 0.15) is 5.82 Å². The molecule has 0 aliphatic rings. The molecule has 0 atom stereocenters. The smallest absolute Gasteiger partial charge is 0.293 e. The minimum Gasteiger partial charge on any atom is -0.490 e. The van der Waals surface area contributed by atoms with Crippen molar-refractivity contribution in [2.24, 2.45) is 4.99 Å². The van der Waals surface area contributed by atoms with E-state index in [0.29, 0.717) is 21.1 Å². The van der Waals surface area contributed by atoms with E-state index >= 15 is 0 Å². The van der Waals surface area contributed by atoms with Crippen LogP contribution >= 0.6 is 45.8 Å². The van der Waals surface area contributed by atoms with Crippen LogP contribution in [-0.2, 0) is 16.1 Å². The van der Waals surface area contributed by atoms with E-state index in [1.807, 2.05) is 29.5 Å². The number of aryl methyl sites for hydroxylation is 1. The van der Waals surface area contributed by atoms with Crippen LogP contribution in [0.25, 0.3) is 0 Å². The van der Waals surface area contributed by atoms with Gasteiger partial charge >= 0.3 is 0 Å². The van der Waals surface area contributed by atoms with E-state index in [4.69, 9.17) is 27.9 Å². The third kappa shape index (κ3) is 6.65. The second-order valence-electron chi connectivity index (χ2n) is 5.63. The van der Waals surface area contributed by atoms with Gasteiger partial charge in [-0.1, -0.05) is 29.3 Å². The van der Waals surface area contributed by atoms with Crippen molar-refractivity contribution in [3.63, 3.8) is 0 Å². The number of amidine groups is 1. The molecule has 0 aliphatic carbocycles. The molecule has 2 rings (SSSR count). The van der Waals surface area contributed by atoms with Crippen LogP contribution in [0.4, 0.5) is 10.1 Å². The summed E-state index contributed by atoms with van der Waals surface area (Å²) in [5.74, 6) is -0.889. The number of nitrogens with zero attached hydrogens (tertiary/aromatic N) is 1. The molecule has 0 spiro atoms. The predicted octanol–water partition coefficient (Wildman–Crippen LogP) is 5.26. The molecule has 0 saturated heterocycles. The first-order valence-electron chi connectivity index (χ1n) is 8.03. The first kappa shape index (κ1) is 22.4. The van der Waals surface area contributed by atoms with Crippen molar-refractivity contribution in [3.05, 3.63) is 75.3 Å². The number of nitrogens with one attached hydrogen (secondary N) is 2.